The summed E-state index contributed by atoms with van der Waals surface area (Å²) in [5.41, 5.74) is 0.716. The van der Waals surface area contributed by atoms with Crippen LogP contribution in [0, 0.1) is 0 Å². The Morgan fingerprint density at radius 3 is 2.39 bits per heavy atom. The summed E-state index contributed by atoms with van der Waals surface area (Å²) in [6.07, 6.45) is 2.80. The highest BCUT2D eigenvalue weighted by molar-refractivity contribution is 5.94. The smallest absolute Gasteiger partial charge is 0.322 e. The first-order valence-corrected chi connectivity index (χ1v) is 6.62. The highest BCUT2D eigenvalue weighted by Crippen LogP contribution is 2.27. The van der Waals surface area contributed by atoms with E-state index in [1.54, 1.807) is 24.3 Å². The molecule has 0 bridgehead atoms. The molecule has 0 radical (unpaired) electrons. The fourth-order valence-corrected chi connectivity index (χ4v) is 1.59. The minimum Gasteiger partial charge on any atom is -0.493 e. The molecule has 0 aromatic heterocycles. The van der Waals surface area contributed by atoms with Gasteiger partial charge in [-0.25, -0.2) is 0 Å². The lowest BCUT2D eigenvalue weighted by Gasteiger charge is -2.07. The average molecular weight is 322 g/mol. The number of carbonyl (C=O) groups is 3. The summed E-state index contributed by atoms with van der Waals surface area (Å²) in [6.45, 7) is -0.793. The number of carboxylic acid groups (broad SMARTS) is 1. The molecule has 8 nitrogen and oxygen atoms in total. The van der Waals surface area contributed by atoms with Gasteiger partial charge in [-0.05, 0) is 23.8 Å². The van der Waals surface area contributed by atoms with Crippen LogP contribution in [0.4, 0.5) is 0 Å². The molecule has 2 amide bonds. The van der Waals surface area contributed by atoms with E-state index in [9.17, 15) is 14.4 Å². The maximum absolute atomic E-state index is 11.6. The minimum atomic E-state index is -1.15. The maximum atomic E-state index is 11.6. The van der Waals surface area contributed by atoms with Gasteiger partial charge >= 0.3 is 5.97 Å². The Morgan fingerprint density at radius 2 is 1.78 bits per heavy atom. The summed E-state index contributed by atoms with van der Waals surface area (Å²) >= 11 is 0. The zero-order valence-electron chi connectivity index (χ0n) is 12.8. The summed E-state index contributed by atoms with van der Waals surface area (Å²) in [5.74, 6) is -1.11. The zero-order valence-corrected chi connectivity index (χ0v) is 12.8. The van der Waals surface area contributed by atoms with Crippen molar-refractivity contribution in [1.29, 1.82) is 0 Å². The van der Waals surface area contributed by atoms with Crippen LogP contribution < -0.4 is 20.1 Å². The van der Waals surface area contributed by atoms with E-state index in [-0.39, 0.29) is 6.54 Å². The number of carboxylic acids is 1. The van der Waals surface area contributed by atoms with Crippen LogP contribution in [0.3, 0.4) is 0 Å². The molecule has 0 saturated heterocycles. The SMILES string of the molecule is COc1ccc(/C=C/C(=O)NCC(=O)NCC(=O)O)cc1OC. The number of benzene rings is 1. The summed E-state index contributed by atoms with van der Waals surface area (Å²) in [5, 5.41) is 12.9. The first-order chi connectivity index (χ1) is 11.0. The molecule has 3 N–H and O–H groups in total. The van der Waals surface area contributed by atoms with E-state index in [0.717, 1.165) is 0 Å². The summed E-state index contributed by atoms with van der Waals surface area (Å²) in [7, 11) is 3.03. The van der Waals surface area contributed by atoms with Crippen LogP contribution in [-0.4, -0.2) is 50.2 Å². The Morgan fingerprint density at radius 1 is 1.09 bits per heavy atom. The lowest BCUT2D eigenvalue weighted by Crippen LogP contribution is -2.38. The average Bonchev–Trinajstić information content (AvgIpc) is 2.55. The topological polar surface area (TPSA) is 114 Å². The van der Waals surface area contributed by atoms with Gasteiger partial charge in [0.25, 0.3) is 0 Å². The van der Waals surface area contributed by atoms with Gasteiger partial charge in [0, 0.05) is 6.08 Å². The van der Waals surface area contributed by atoms with Crippen molar-refractivity contribution in [3.63, 3.8) is 0 Å². The Bertz CT molecular complexity index is 612. The molecule has 0 aliphatic rings. The fraction of sp³-hybridized carbons (Fsp3) is 0.267. The van der Waals surface area contributed by atoms with E-state index in [4.69, 9.17) is 14.6 Å². The fourth-order valence-electron chi connectivity index (χ4n) is 1.59. The molecule has 8 heteroatoms. The van der Waals surface area contributed by atoms with Crippen molar-refractivity contribution in [2.75, 3.05) is 27.3 Å². The van der Waals surface area contributed by atoms with Crippen molar-refractivity contribution in [2.45, 2.75) is 0 Å². The van der Waals surface area contributed by atoms with Crippen molar-refractivity contribution in [2.24, 2.45) is 0 Å². The number of carbonyl (C=O) groups excluding carboxylic acids is 2. The molecule has 1 rings (SSSR count). The monoisotopic (exact) mass is 322 g/mol. The largest absolute Gasteiger partial charge is 0.493 e. The lowest BCUT2D eigenvalue weighted by molar-refractivity contribution is -0.137. The van der Waals surface area contributed by atoms with E-state index in [0.29, 0.717) is 17.1 Å². The zero-order chi connectivity index (χ0) is 17.2. The van der Waals surface area contributed by atoms with E-state index in [2.05, 4.69) is 10.6 Å². The van der Waals surface area contributed by atoms with Crippen LogP contribution in [0.15, 0.2) is 24.3 Å². The number of aliphatic carboxylic acids is 1. The standard InChI is InChI=1S/C15H18N2O6/c1-22-11-5-3-10(7-12(11)23-2)4-6-13(18)16-8-14(19)17-9-15(20)21/h3-7H,8-9H2,1-2H3,(H,16,18)(H,17,19)(H,20,21)/b6-4+. The van der Waals surface area contributed by atoms with Gasteiger partial charge in [0.15, 0.2) is 11.5 Å². The Labute approximate surface area is 133 Å². The molecule has 0 spiro atoms. The second-order valence-corrected chi connectivity index (χ2v) is 4.34. The van der Waals surface area contributed by atoms with Crippen molar-refractivity contribution in [3.05, 3.63) is 29.8 Å². The van der Waals surface area contributed by atoms with Gasteiger partial charge in [0.1, 0.15) is 6.54 Å². The van der Waals surface area contributed by atoms with Gasteiger partial charge in [-0.1, -0.05) is 6.07 Å². The number of amides is 2. The quantitative estimate of drug-likeness (QED) is 0.582. The molecule has 0 fully saturated rings. The number of ether oxygens (including phenoxy) is 2. The van der Waals surface area contributed by atoms with Gasteiger partial charge in [-0.15, -0.1) is 0 Å². The molecular formula is C15H18N2O6. The molecule has 1 aromatic carbocycles. The third-order valence-electron chi connectivity index (χ3n) is 2.69. The van der Waals surface area contributed by atoms with Crippen molar-refractivity contribution >= 4 is 23.9 Å². The Hall–Kier alpha value is -3.03. The number of rotatable bonds is 8. The van der Waals surface area contributed by atoms with E-state index in [1.165, 1.54) is 20.3 Å². The van der Waals surface area contributed by atoms with Gasteiger partial charge in [-0.3, -0.25) is 14.4 Å². The van der Waals surface area contributed by atoms with Gasteiger partial charge in [0.05, 0.1) is 20.8 Å². The molecule has 0 heterocycles. The number of hydrogen-bond donors (Lipinski definition) is 3. The molecule has 124 valence electrons. The van der Waals surface area contributed by atoms with Crippen LogP contribution in [0.1, 0.15) is 5.56 Å². The van der Waals surface area contributed by atoms with Crippen LogP contribution in [-0.2, 0) is 14.4 Å². The van der Waals surface area contributed by atoms with Gasteiger partial charge in [-0.2, -0.15) is 0 Å². The summed E-state index contributed by atoms with van der Waals surface area (Å²) in [4.78, 5) is 33.1. The van der Waals surface area contributed by atoms with Gasteiger partial charge in [0.2, 0.25) is 11.8 Å². The van der Waals surface area contributed by atoms with Crippen LogP contribution >= 0.6 is 0 Å². The van der Waals surface area contributed by atoms with Crippen LogP contribution in [0.25, 0.3) is 6.08 Å². The van der Waals surface area contributed by atoms with Crippen molar-refractivity contribution in [1.82, 2.24) is 10.6 Å². The van der Waals surface area contributed by atoms with E-state index in [1.807, 2.05) is 0 Å². The minimum absolute atomic E-state index is 0.303. The first-order valence-electron chi connectivity index (χ1n) is 6.62. The normalized spacial score (nSPS) is 10.2. The molecule has 23 heavy (non-hydrogen) atoms. The van der Waals surface area contributed by atoms with Crippen molar-refractivity contribution < 1.29 is 29.0 Å². The second-order valence-electron chi connectivity index (χ2n) is 4.34. The van der Waals surface area contributed by atoms with Crippen molar-refractivity contribution in [3.8, 4) is 11.5 Å². The lowest BCUT2D eigenvalue weighted by atomic mass is 10.2. The molecule has 0 aliphatic heterocycles. The van der Waals surface area contributed by atoms with Crippen LogP contribution in [0.2, 0.25) is 0 Å². The highest BCUT2D eigenvalue weighted by Gasteiger charge is 2.05. The van der Waals surface area contributed by atoms with Crippen LogP contribution in [0.5, 0.6) is 11.5 Å². The highest BCUT2D eigenvalue weighted by atomic mass is 16.5. The second kappa shape index (κ2) is 9.08. The Balaban J connectivity index is 2.52. The third-order valence-corrected chi connectivity index (χ3v) is 2.69. The number of methoxy groups -OCH3 is 2. The van der Waals surface area contributed by atoms with Gasteiger partial charge < -0.3 is 25.2 Å². The number of hydrogen-bond acceptors (Lipinski definition) is 5. The maximum Gasteiger partial charge on any atom is 0.322 e. The van der Waals surface area contributed by atoms with E-state index < -0.39 is 24.3 Å². The predicted molar refractivity (Wildman–Crippen MR) is 82.2 cm³/mol. The predicted octanol–water partition coefficient (Wildman–Crippen LogP) is 0.0340. The molecule has 0 unspecified atom stereocenters. The molecule has 0 atom stereocenters. The Kier molecular flexibility index (Phi) is 7.12. The summed E-state index contributed by atoms with van der Waals surface area (Å²) in [6, 6.07) is 5.14. The molecule has 1 aromatic rings. The molecular weight excluding hydrogens is 304 g/mol. The molecule has 0 aliphatic carbocycles. The molecule has 0 saturated carbocycles. The third kappa shape index (κ3) is 6.51. The first kappa shape index (κ1) is 18.0. The van der Waals surface area contributed by atoms with E-state index >= 15 is 0 Å². The number of nitrogens with one attached hydrogen (secondary N) is 2. The summed E-state index contributed by atoms with van der Waals surface area (Å²) < 4.78 is 10.3.